The van der Waals surface area contributed by atoms with E-state index in [0.717, 1.165) is 5.56 Å². The van der Waals surface area contributed by atoms with Crippen LogP contribution in [-0.4, -0.2) is 32.1 Å². The van der Waals surface area contributed by atoms with Crippen LogP contribution >= 0.6 is 0 Å². The molecule has 27 heavy (non-hydrogen) atoms. The summed E-state index contributed by atoms with van der Waals surface area (Å²) in [7, 11) is 0. The molecule has 1 amide bonds. The summed E-state index contributed by atoms with van der Waals surface area (Å²) in [5.74, 6) is 1.24. The number of aryl methyl sites for hydroxylation is 2. The first kappa shape index (κ1) is 18.8. The zero-order valence-electron chi connectivity index (χ0n) is 15.7. The average Bonchev–Trinajstić information content (AvgIpc) is 3.11. The third kappa shape index (κ3) is 4.39. The minimum atomic E-state index is -0.237. The summed E-state index contributed by atoms with van der Waals surface area (Å²) in [6.45, 7) is 6.31. The second-order valence-electron chi connectivity index (χ2n) is 6.80. The van der Waals surface area contributed by atoms with Crippen LogP contribution in [0.4, 0.5) is 0 Å². The van der Waals surface area contributed by atoms with E-state index in [1.807, 2.05) is 32.9 Å². The highest BCUT2D eigenvalue weighted by Crippen LogP contribution is 2.11. The number of carbonyl (C=O) groups is 1. The number of nitrogens with zero attached hydrogens (tertiary/aromatic N) is 4. The van der Waals surface area contributed by atoms with Gasteiger partial charge in [-0.25, -0.2) is 4.98 Å². The van der Waals surface area contributed by atoms with Gasteiger partial charge in [-0.2, -0.15) is 4.98 Å². The molecular formula is C19H23N5O3. The Morgan fingerprint density at radius 2 is 2.15 bits per heavy atom. The largest absolute Gasteiger partial charge is 0.355 e. The minimum absolute atomic E-state index is 0.0617. The number of hydrogen-bond donors (Lipinski definition) is 1. The fraction of sp³-hybridized carbons (Fsp3) is 0.421. The Bertz CT molecular complexity index is 1010. The molecule has 0 bridgehead atoms. The lowest BCUT2D eigenvalue weighted by Crippen LogP contribution is -2.33. The van der Waals surface area contributed by atoms with Gasteiger partial charge in [0.05, 0.1) is 17.2 Å². The lowest BCUT2D eigenvalue weighted by molar-refractivity contribution is -0.121. The molecule has 0 aliphatic heterocycles. The average molecular weight is 369 g/mol. The molecule has 8 heteroatoms. The third-order valence-electron chi connectivity index (χ3n) is 4.26. The van der Waals surface area contributed by atoms with Crippen molar-refractivity contribution in [3.63, 3.8) is 0 Å². The summed E-state index contributed by atoms with van der Waals surface area (Å²) >= 11 is 0. The molecule has 0 aliphatic rings. The summed E-state index contributed by atoms with van der Waals surface area (Å²) in [5, 5.41) is 7.23. The standard InChI is InChI=1S/C19H23N5O3/c1-12(2)18-22-16(27-23-18)8-5-9-20-15(25)10-24-11-21-17-13(3)6-4-7-14(17)19(24)26/h4,6-7,11-12H,5,8-10H2,1-3H3,(H,20,25). The number of fused-ring (bicyclic) bond motifs is 1. The highest BCUT2D eigenvalue weighted by molar-refractivity contribution is 5.81. The van der Waals surface area contributed by atoms with E-state index in [-0.39, 0.29) is 23.9 Å². The second-order valence-corrected chi connectivity index (χ2v) is 6.80. The van der Waals surface area contributed by atoms with Crippen molar-refractivity contribution in [1.29, 1.82) is 0 Å². The van der Waals surface area contributed by atoms with Gasteiger partial charge in [0.1, 0.15) is 6.54 Å². The molecule has 2 aromatic heterocycles. The molecule has 0 aliphatic carbocycles. The number of nitrogens with one attached hydrogen (secondary N) is 1. The van der Waals surface area contributed by atoms with Crippen LogP contribution in [0.3, 0.4) is 0 Å². The lowest BCUT2D eigenvalue weighted by atomic mass is 10.1. The maximum Gasteiger partial charge on any atom is 0.261 e. The molecule has 142 valence electrons. The molecule has 0 unspecified atom stereocenters. The van der Waals surface area contributed by atoms with Gasteiger partial charge in [0.15, 0.2) is 5.82 Å². The monoisotopic (exact) mass is 369 g/mol. The molecule has 0 radical (unpaired) electrons. The predicted octanol–water partition coefficient (Wildman–Crippen LogP) is 1.96. The first-order valence-corrected chi connectivity index (χ1v) is 8.99. The Hall–Kier alpha value is -3.03. The Morgan fingerprint density at radius 1 is 1.33 bits per heavy atom. The second kappa shape index (κ2) is 8.11. The fourth-order valence-corrected chi connectivity index (χ4v) is 2.73. The molecule has 1 aromatic carbocycles. The number of benzene rings is 1. The highest BCUT2D eigenvalue weighted by atomic mass is 16.5. The van der Waals surface area contributed by atoms with E-state index in [4.69, 9.17) is 4.52 Å². The predicted molar refractivity (Wildman–Crippen MR) is 100 cm³/mol. The molecule has 0 saturated carbocycles. The van der Waals surface area contributed by atoms with Gasteiger partial charge in [0.2, 0.25) is 11.8 Å². The van der Waals surface area contributed by atoms with Gasteiger partial charge in [-0.1, -0.05) is 31.1 Å². The van der Waals surface area contributed by atoms with E-state index in [0.29, 0.717) is 42.0 Å². The molecule has 2 heterocycles. The number of carbonyl (C=O) groups excluding carboxylic acids is 1. The number of aromatic nitrogens is 4. The molecular weight excluding hydrogens is 346 g/mol. The Labute approximate surface area is 156 Å². The van der Waals surface area contributed by atoms with Crippen LogP contribution in [0.25, 0.3) is 10.9 Å². The topological polar surface area (TPSA) is 103 Å². The minimum Gasteiger partial charge on any atom is -0.355 e. The zero-order chi connectivity index (χ0) is 19.4. The van der Waals surface area contributed by atoms with Crippen LogP contribution in [-0.2, 0) is 17.8 Å². The maximum atomic E-state index is 12.5. The highest BCUT2D eigenvalue weighted by Gasteiger charge is 2.11. The van der Waals surface area contributed by atoms with E-state index >= 15 is 0 Å². The number of para-hydroxylation sites is 1. The van der Waals surface area contributed by atoms with Crippen molar-refractivity contribution in [3.05, 3.63) is 52.2 Å². The number of hydrogen-bond acceptors (Lipinski definition) is 6. The van der Waals surface area contributed by atoms with Gasteiger partial charge in [-0.15, -0.1) is 0 Å². The van der Waals surface area contributed by atoms with Gasteiger partial charge in [0, 0.05) is 18.9 Å². The van der Waals surface area contributed by atoms with E-state index < -0.39 is 0 Å². The normalized spacial score (nSPS) is 11.3. The molecule has 0 spiro atoms. The van der Waals surface area contributed by atoms with Crippen LogP contribution in [0.2, 0.25) is 0 Å². The number of amides is 1. The van der Waals surface area contributed by atoms with Crippen molar-refractivity contribution in [2.75, 3.05) is 6.54 Å². The summed E-state index contributed by atoms with van der Waals surface area (Å²) in [5.41, 5.74) is 1.38. The van der Waals surface area contributed by atoms with Crippen molar-refractivity contribution in [2.24, 2.45) is 0 Å². The van der Waals surface area contributed by atoms with Gasteiger partial charge in [-0.05, 0) is 25.0 Å². The maximum absolute atomic E-state index is 12.5. The third-order valence-corrected chi connectivity index (χ3v) is 4.26. The van der Waals surface area contributed by atoms with Crippen LogP contribution in [0.15, 0.2) is 33.8 Å². The van der Waals surface area contributed by atoms with E-state index in [2.05, 4.69) is 20.4 Å². The van der Waals surface area contributed by atoms with Crippen molar-refractivity contribution < 1.29 is 9.32 Å². The van der Waals surface area contributed by atoms with E-state index in [1.54, 1.807) is 6.07 Å². The van der Waals surface area contributed by atoms with E-state index in [9.17, 15) is 9.59 Å². The Morgan fingerprint density at radius 3 is 2.89 bits per heavy atom. The summed E-state index contributed by atoms with van der Waals surface area (Å²) < 4.78 is 6.49. The first-order chi connectivity index (χ1) is 13.0. The smallest absolute Gasteiger partial charge is 0.261 e. The summed E-state index contributed by atoms with van der Waals surface area (Å²) in [4.78, 5) is 33.2. The fourth-order valence-electron chi connectivity index (χ4n) is 2.73. The zero-order valence-corrected chi connectivity index (χ0v) is 15.7. The number of rotatable bonds is 7. The lowest BCUT2D eigenvalue weighted by Gasteiger charge is -2.08. The Balaban J connectivity index is 1.53. The van der Waals surface area contributed by atoms with Gasteiger partial charge < -0.3 is 9.84 Å². The van der Waals surface area contributed by atoms with Gasteiger partial charge in [-0.3, -0.25) is 14.2 Å². The SMILES string of the molecule is Cc1cccc2c(=O)n(CC(=O)NCCCc3nc(C(C)C)no3)cnc12. The van der Waals surface area contributed by atoms with Crippen LogP contribution in [0.5, 0.6) is 0 Å². The molecule has 0 fully saturated rings. The summed E-state index contributed by atoms with van der Waals surface area (Å²) in [6.07, 6.45) is 2.69. The van der Waals surface area contributed by atoms with E-state index in [1.165, 1.54) is 10.9 Å². The van der Waals surface area contributed by atoms with Crippen molar-refractivity contribution in [1.82, 2.24) is 25.0 Å². The van der Waals surface area contributed by atoms with Gasteiger partial charge in [0.25, 0.3) is 5.56 Å². The molecule has 3 rings (SSSR count). The summed E-state index contributed by atoms with van der Waals surface area (Å²) in [6, 6.07) is 5.44. The van der Waals surface area contributed by atoms with Gasteiger partial charge >= 0.3 is 0 Å². The van der Waals surface area contributed by atoms with Crippen LogP contribution in [0, 0.1) is 6.92 Å². The van der Waals surface area contributed by atoms with Crippen molar-refractivity contribution >= 4 is 16.8 Å². The first-order valence-electron chi connectivity index (χ1n) is 8.99. The molecule has 8 nitrogen and oxygen atoms in total. The Kier molecular flexibility index (Phi) is 5.63. The molecule has 3 aromatic rings. The van der Waals surface area contributed by atoms with Crippen molar-refractivity contribution in [2.45, 2.75) is 46.1 Å². The molecule has 0 atom stereocenters. The van der Waals surface area contributed by atoms with Crippen molar-refractivity contribution in [3.8, 4) is 0 Å². The molecule has 1 N–H and O–H groups in total. The molecule has 0 saturated heterocycles. The van der Waals surface area contributed by atoms with Crippen LogP contribution in [0.1, 0.15) is 43.5 Å². The van der Waals surface area contributed by atoms with Crippen LogP contribution < -0.4 is 10.9 Å². The quantitative estimate of drug-likeness (QED) is 0.639.